The standard InChI is InChI=1S/C41H27N/c1-2-10-27(11-3-1)28-18-21-30(22-19-28)42-31-23-25-35-33-14-6-8-16-37(33)41(39(35)26-31)38-17-9-7-15-34(38)36-24-20-29-12-4-5-13-32(29)40(36)41/h1-26,42H. The molecule has 7 aromatic rings. The van der Waals surface area contributed by atoms with Crippen LogP contribution < -0.4 is 5.32 Å². The van der Waals surface area contributed by atoms with E-state index in [2.05, 4.69) is 163 Å². The average Bonchev–Trinajstić information content (AvgIpc) is 3.53. The van der Waals surface area contributed by atoms with E-state index in [-0.39, 0.29) is 5.41 Å². The fraction of sp³-hybridized carbons (Fsp3) is 0.0244. The summed E-state index contributed by atoms with van der Waals surface area (Å²) in [6.45, 7) is 0. The monoisotopic (exact) mass is 533 g/mol. The molecule has 1 atom stereocenters. The van der Waals surface area contributed by atoms with Crippen molar-refractivity contribution in [3.8, 4) is 33.4 Å². The lowest BCUT2D eigenvalue weighted by molar-refractivity contribution is 0.801. The highest BCUT2D eigenvalue weighted by molar-refractivity contribution is 6.04. The lowest BCUT2D eigenvalue weighted by Gasteiger charge is -2.31. The smallest absolute Gasteiger partial charge is 0.0732 e. The van der Waals surface area contributed by atoms with Gasteiger partial charge in [-0.3, -0.25) is 0 Å². The summed E-state index contributed by atoms with van der Waals surface area (Å²) in [5, 5.41) is 6.33. The van der Waals surface area contributed by atoms with Crippen molar-refractivity contribution in [1.82, 2.24) is 0 Å². The summed E-state index contributed by atoms with van der Waals surface area (Å²) in [5.74, 6) is 0. The first-order valence-corrected chi connectivity index (χ1v) is 14.6. The molecule has 9 rings (SSSR count). The molecule has 1 spiro atoms. The first-order chi connectivity index (χ1) is 20.8. The molecule has 0 bridgehead atoms. The molecule has 2 aliphatic carbocycles. The molecule has 7 aromatic carbocycles. The van der Waals surface area contributed by atoms with Crippen LogP contribution in [0, 0.1) is 0 Å². The average molecular weight is 534 g/mol. The minimum Gasteiger partial charge on any atom is -0.356 e. The highest BCUT2D eigenvalue weighted by Crippen LogP contribution is 2.64. The lowest BCUT2D eigenvalue weighted by atomic mass is 9.69. The predicted molar refractivity (Wildman–Crippen MR) is 175 cm³/mol. The van der Waals surface area contributed by atoms with Crippen molar-refractivity contribution in [1.29, 1.82) is 0 Å². The van der Waals surface area contributed by atoms with E-state index < -0.39 is 0 Å². The van der Waals surface area contributed by atoms with Crippen LogP contribution in [-0.4, -0.2) is 0 Å². The Balaban J connectivity index is 1.26. The van der Waals surface area contributed by atoms with Crippen LogP contribution in [0.4, 0.5) is 11.4 Å². The van der Waals surface area contributed by atoms with Crippen LogP contribution in [0.2, 0.25) is 0 Å². The van der Waals surface area contributed by atoms with Crippen LogP contribution in [0.1, 0.15) is 22.3 Å². The van der Waals surface area contributed by atoms with Crippen LogP contribution in [0.15, 0.2) is 158 Å². The fourth-order valence-corrected chi connectivity index (χ4v) is 7.54. The molecule has 1 N–H and O–H groups in total. The molecule has 2 aliphatic rings. The van der Waals surface area contributed by atoms with E-state index in [0.29, 0.717) is 0 Å². The van der Waals surface area contributed by atoms with Gasteiger partial charge in [-0.2, -0.15) is 0 Å². The van der Waals surface area contributed by atoms with E-state index in [1.54, 1.807) is 0 Å². The summed E-state index contributed by atoms with van der Waals surface area (Å²) in [4.78, 5) is 0. The molecular weight excluding hydrogens is 506 g/mol. The quantitative estimate of drug-likeness (QED) is 0.238. The van der Waals surface area contributed by atoms with Gasteiger partial charge in [-0.25, -0.2) is 0 Å². The molecule has 0 saturated heterocycles. The molecule has 1 unspecified atom stereocenters. The SMILES string of the molecule is c1ccc(-c2ccc(Nc3ccc4c(c3)C3(c5ccccc5-4)c4ccccc4-c4ccc5ccccc5c43)cc2)cc1. The maximum absolute atomic E-state index is 3.73. The summed E-state index contributed by atoms with van der Waals surface area (Å²) in [7, 11) is 0. The number of fused-ring (bicyclic) bond motifs is 12. The highest BCUT2D eigenvalue weighted by atomic mass is 14.9. The zero-order chi connectivity index (χ0) is 27.7. The highest BCUT2D eigenvalue weighted by Gasteiger charge is 2.52. The van der Waals surface area contributed by atoms with E-state index >= 15 is 0 Å². The molecule has 1 heteroatoms. The van der Waals surface area contributed by atoms with Crippen molar-refractivity contribution in [3.63, 3.8) is 0 Å². The number of nitrogens with one attached hydrogen (secondary N) is 1. The van der Waals surface area contributed by atoms with E-state index in [1.165, 1.54) is 66.4 Å². The Morgan fingerprint density at radius 2 is 0.952 bits per heavy atom. The van der Waals surface area contributed by atoms with Gasteiger partial charge in [-0.15, -0.1) is 0 Å². The number of benzene rings is 7. The van der Waals surface area contributed by atoms with Crippen LogP contribution in [0.5, 0.6) is 0 Å². The topological polar surface area (TPSA) is 12.0 Å². The number of hydrogen-bond acceptors (Lipinski definition) is 1. The number of rotatable bonds is 3. The predicted octanol–water partition coefficient (Wildman–Crippen LogP) is 10.6. The minimum atomic E-state index is -0.381. The van der Waals surface area contributed by atoms with Crippen LogP contribution in [0.3, 0.4) is 0 Å². The van der Waals surface area contributed by atoms with Crippen molar-refractivity contribution in [2.24, 2.45) is 0 Å². The van der Waals surface area contributed by atoms with Gasteiger partial charge >= 0.3 is 0 Å². The summed E-state index contributed by atoms with van der Waals surface area (Å²) < 4.78 is 0. The summed E-state index contributed by atoms with van der Waals surface area (Å²) in [6.07, 6.45) is 0. The lowest BCUT2D eigenvalue weighted by Crippen LogP contribution is -2.26. The second-order valence-corrected chi connectivity index (χ2v) is 11.4. The van der Waals surface area contributed by atoms with Gasteiger partial charge in [-0.1, -0.05) is 133 Å². The number of hydrogen-bond donors (Lipinski definition) is 1. The fourth-order valence-electron chi connectivity index (χ4n) is 7.54. The first-order valence-electron chi connectivity index (χ1n) is 14.6. The van der Waals surface area contributed by atoms with Crippen molar-refractivity contribution in [3.05, 3.63) is 180 Å². The van der Waals surface area contributed by atoms with Gasteiger partial charge < -0.3 is 5.32 Å². The van der Waals surface area contributed by atoms with Gasteiger partial charge in [0.1, 0.15) is 0 Å². The van der Waals surface area contributed by atoms with Crippen LogP contribution in [0.25, 0.3) is 44.2 Å². The van der Waals surface area contributed by atoms with Crippen molar-refractivity contribution in [2.75, 3.05) is 5.32 Å². The minimum absolute atomic E-state index is 0.381. The maximum Gasteiger partial charge on any atom is 0.0732 e. The van der Waals surface area contributed by atoms with E-state index in [4.69, 9.17) is 0 Å². The zero-order valence-electron chi connectivity index (χ0n) is 23.0. The molecule has 0 saturated carbocycles. The van der Waals surface area contributed by atoms with Gasteiger partial charge in [0.2, 0.25) is 0 Å². The second-order valence-electron chi connectivity index (χ2n) is 11.4. The molecule has 0 aliphatic heterocycles. The Morgan fingerprint density at radius 3 is 1.74 bits per heavy atom. The molecule has 0 aromatic heterocycles. The van der Waals surface area contributed by atoms with Crippen molar-refractivity contribution in [2.45, 2.75) is 5.41 Å². The van der Waals surface area contributed by atoms with E-state index in [9.17, 15) is 0 Å². The largest absolute Gasteiger partial charge is 0.356 e. The molecule has 0 amide bonds. The van der Waals surface area contributed by atoms with E-state index in [1.807, 2.05) is 0 Å². The van der Waals surface area contributed by atoms with Crippen molar-refractivity contribution < 1.29 is 0 Å². The Kier molecular flexibility index (Phi) is 4.88. The van der Waals surface area contributed by atoms with Crippen LogP contribution >= 0.6 is 0 Å². The first kappa shape index (κ1) is 23.3. The third-order valence-electron chi connectivity index (χ3n) is 9.25. The molecule has 1 nitrogen and oxygen atoms in total. The van der Waals surface area contributed by atoms with E-state index in [0.717, 1.165) is 11.4 Å². The van der Waals surface area contributed by atoms with Gasteiger partial charge in [0.15, 0.2) is 0 Å². The van der Waals surface area contributed by atoms with Crippen LogP contribution in [-0.2, 0) is 5.41 Å². The summed E-state index contributed by atoms with van der Waals surface area (Å²) in [5.41, 5.74) is 15.0. The molecule has 42 heavy (non-hydrogen) atoms. The van der Waals surface area contributed by atoms with Gasteiger partial charge in [0, 0.05) is 11.4 Å². The Hall–Kier alpha value is -5.40. The third kappa shape index (κ3) is 3.14. The van der Waals surface area contributed by atoms with Crippen molar-refractivity contribution >= 4 is 22.1 Å². The molecule has 196 valence electrons. The molecular formula is C41H27N. The van der Waals surface area contributed by atoms with Gasteiger partial charge in [0.05, 0.1) is 5.41 Å². The number of anilines is 2. The summed E-state index contributed by atoms with van der Waals surface area (Å²) >= 11 is 0. The molecule has 0 heterocycles. The zero-order valence-corrected chi connectivity index (χ0v) is 23.0. The molecule has 0 fully saturated rings. The molecule has 0 radical (unpaired) electrons. The second kappa shape index (κ2) is 8.80. The Bertz CT molecular complexity index is 2140. The Morgan fingerprint density at radius 1 is 0.381 bits per heavy atom. The van der Waals surface area contributed by atoms with Gasteiger partial charge in [-0.05, 0) is 90.7 Å². The maximum atomic E-state index is 3.73. The Labute approximate surface area is 245 Å². The summed E-state index contributed by atoms with van der Waals surface area (Å²) in [6, 6.07) is 57.7. The normalized spacial score (nSPS) is 15.7. The third-order valence-corrected chi connectivity index (χ3v) is 9.25. The van der Waals surface area contributed by atoms with Gasteiger partial charge in [0.25, 0.3) is 0 Å².